The summed E-state index contributed by atoms with van der Waals surface area (Å²) >= 11 is 1.56. The molecule has 2 aromatic rings. The van der Waals surface area contributed by atoms with Crippen molar-refractivity contribution in [2.24, 2.45) is 0 Å². The van der Waals surface area contributed by atoms with Crippen molar-refractivity contribution in [2.75, 3.05) is 19.6 Å². The van der Waals surface area contributed by atoms with Crippen LogP contribution in [0.5, 0.6) is 5.75 Å². The zero-order chi connectivity index (χ0) is 16.2. The zero-order valence-corrected chi connectivity index (χ0v) is 13.6. The summed E-state index contributed by atoms with van der Waals surface area (Å²) in [5.74, 6) is 0.427. The first-order valence-corrected chi connectivity index (χ1v) is 8.19. The van der Waals surface area contributed by atoms with E-state index in [1.807, 2.05) is 12.3 Å². The highest BCUT2D eigenvalue weighted by molar-refractivity contribution is 7.09. The van der Waals surface area contributed by atoms with Crippen LogP contribution in [0.4, 0.5) is 0 Å². The van der Waals surface area contributed by atoms with Crippen molar-refractivity contribution in [1.82, 2.24) is 15.2 Å². The summed E-state index contributed by atoms with van der Waals surface area (Å²) in [6.07, 6.45) is 0. The number of thiazole rings is 1. The van der Waals surface area contributed by atoms with Crippen molar-refractivity contribution in [3.8, 4) is 5.75 Å². The molecule has 1 aromatic carbocycles. The zero-order valence-electron chi connectivity index (χ0n) is 12.7. The van der Waals surface area contributed by atoms with E-state index in [0.717, 1.165) is 10.7 Å². The Morgan fingerprint density at radius 3 is 2.83 bits per heavy atom. The van der Waals surface area contributed by atoms with Crippen molar-refractivity contribution >= 4 is 23.2 Å². The van der Waals surface area contributed by atoms with E-state index >= 15 is 0 Å². The largest absolute Gasteiger partial charge is 0.486 e. The fraction of sp³-hybridized carbons (Fsp3) is 0.312. The molecule has 120 valence electrons. The van der Waals surface area contributed by atoms with E-state index in [9.17, 15) is 9.59 Å². The maximum Gasteiger partial charge on any atom is 0.254 e. The molecule has 1 aliphatic heterocycles. The molecule has 2 heterocycles. The molecule has 0 bridgehead atoms. The number of hydrogen-bond donors (Lipinski definition) is 1. The number of nitrogens with zero attached hydrogens (tertiary/aromatic N) is 2. The number of amides is 2. The third-order valence-corrected chi connectivity index (χ3v) is 4.40. The fourth-order valence-corrected chi connectivity index (χ4v) is 2.99. The molecule has 1 fully saturated rings. The molecule has 1 N–H and O–H groups in total. The van der Waals surface area contributed by atoms with E-state index < -0.39 is 0 Å². The van der Waals surface area contributed by atoms with E-state index in [1.54, 1.807) is 40.5 Å². The van der Waals surface area contributed by atoms with Crippen LogP contribution in [-0.2, 0) is 11.4 Å². The number of carbonyl (C=O) groups excluding carboxylic acids is 2. The van der Waals surface area contributed by atoms with E-state index in [2.05, 4.69) is 10.3 Å². The minimum atomic E-state index is -0.137. The number of aromatic nitrogens is 1. The third kappa shape index (κ3) is 3.87. The van der Waals surface area contributed by atoms with Gasteiger partial charge in [-0.3, -0.25) is 9.59 Å². The SMILES string of the molecule is Cc1csc(COc2ccc(C(=O)N3CCNC(=O)C3)cc2)n1. The van der Waals surface area contributed by atoms with Crippen molar-refractivity contribution in [3.63, 3.8) is 0 Å². The number of piperazine rings is 1. The van der Waals surface area contributed by atoms with E-state index in [1.165, 1.54) is 0 Å². The predicted molar refractivity (Wildman–Crippen MR) is 86.5 cm³/mol. The van der Waals surface area contributed by atoms with Gasteiger partial charge in [-0.2, -0.15) is 0 Å². The first-order valence-electron chi connectivity index (χ1n) is 7.31. The number of hydrogen-bond acceptors (Lipinski definition) is 5. The summed E-state index contributed by atoms with van der Waals surface area (Å²) in [4.78, 5) is 29.6. The summed E-state index contributed by atoms with van der Waals surface area (Å²) in [6, 6.07) is 6.96. The Morgan fingerprint density at radius 2 is 2.17 bits per heavy atom. The third-order valence-electron chi connectivity index (χ3n) is 3.46. The smallest absolute Gasteiger partial charge is 0.254 e. The fourth-order valence-electron chi connectivity index (χ4n) is 2.30. The van der Waals surface area contributed by atoms with Gasteiger partial charge in [-0.1, -0.05) is 0 Å². The molecule has 3 rings (SSSR count). The Morgan fingerprint density at radius 1 is 1.39 bits per heavy atom. The minimum absolute atomic E-state index is 0.112. The van der Waals surface area contributed by atoms with Crippen LogP contribution in [0.15, 0.2) is 29.6 Å². The monoisotopic (exact) mass is 331 g/mol. The Labute approximate surface area is 138 Å². The van der Waals surface area contributed by atoms with Crippen molar-refractivity contribution in [2.45, 2.75) is 13.5 Å². The van der Waals surface area contributed by atoms with E-state index in [0.29, 0.717) is 31.0 Å². The Bertz CT molecular complexity index is 712. The maximum absolute atomic E-state index is 12.3. The highest BCUT2D eigenvalue weighted by Crippen LogP contribution is 2.17. The van der Waals surface area contributed by atoms with Gasteiger partial charge in [0.2, 0.25) is 5.91 Å². The molecule has 0 spiro atoms. The summed E-state index contributed by atoms with van der Waals surface area (Å²) in [5, 5.41) is 5.60. The van der Waals surface area contributed by atoms with Crippen LogP contribution >= 0.6 is 11.3 Å². The number of rotatable bonds is 4. The van der Waals surface area contributed by atoms with Crippen LogP contribution < -0.4 is 10.1 Å². The summed E-state index contributed by atoms with van der Waals surface area (Å²) in [5.41, 5.74) is 1.54. The van der Waals surface area contributed by atoms with Crippen LogP contribution in [0.3, 0.4) is 0 Å². The molecule has 0 unspecified atom stereocenters. The Balaban J connectivity index is 1.60. The average Bonchev–Trinajstić information content (AvgIpc) is 2.98. The van der Waals surface area contributed by atoms with Gasteiger partial charge in [0.25, 0.3) is 5.91 Å². The number of nitrogens with one attached hydrogen (secondary N) is 1. The number of ether oxygens (including phenoxy) is 1. The molecule has 0 aliphatic carbocycles. The number of benzene rings is 1. The second kappa shape index (κ2) is 6.78. The quantitative estimate of drug-likeness (QED) is 0.924. The lowest BCUT2D eigenvalue weighted by atomic mass is 10.2. The van der Waals surface area contributed by atoms with Gasteiger partial charge in [0.15, 0.2) is 0 Å². The lowest BCUT2D eigenvalue weighted by Crippen LogP contribution is -2.49. The molecule has 23 heavy (non-hydrogen) atoms. The highest BCUT2D eigenvalue weighted by atomic mass is 32.1. The molecule has 0 saturated carbocycles. The molecular weight excluding hydrogens is 314 g/mol. The van der Waals surface area contributed by atoms with Gasteiger partial charge in [0, 0.05) is 29.7 Å². The topological polar surface area (TPSA) is 71.5 Å². The summed E-state index contributed by atoms with van der Waals surface area (Å²) in [6.45, 7) is 3.51. The molecular formula is C16H17N3O3S. The van der Waals surface area contributed by atoms with Gasteiger partial charge in [0.05, 0.1) is 6.54 Å². The van der Waals surface area contributed by atoms with Gasteiger partial charge in [-0.15, -0.1) is 11.3 Å². The van der Waals surface area contributed by atoms with E-state index in [-0.39, 0.29) is 18.4 Å². The molecule has 6 nitrogen and oxygen atoms in total. The molecule has 7 heteroatoms. The number of carbonyl (C=O) groups is 2. The molecule has 2 amide bonds. The predicted octanol–water partition coefficient (Wildman–Crippen LogP) is 1.60. The second-order valence-corrected chi connectivity index (χ2v) is 6.21. The average molecular weight is 331 g/mol. The van der Waals surface area contributed by atoms with Crippen LogP contribution in [0.2, 0.25) is 0 Å². The first-order chi connectivity index (χ1) is 11.1. The molecule has 1 saturated heterocycles. The van der Waals surface area contributed by atoms with Crippen LogP contribution in [0, 0.1) is 6.92 Å². The molecule has 0 atom stereocenters. The van der Waals surface area contributed by atoms with Crippen molar-refractivity contribution in [1.29, 1.82) is 0 Å². The summed E-state index contributed by atoms with van der Waals surface area (Å²) in [7, 11) is 0. The molecule has 1 aliphatic rings. The highest BCUT2D eigenvalue weighted by Gasteiger charge is 2.22. The van der Waals surface area contributed by atoms with Crippen LogP contribution in [0.25, 0.3) is 0 Å². The summed E-state index contributed by atoms with van der Waals surface area (Å²) < 4.78 is 5.66. The van der Waals surface area contributed by atoms with Gasteiger partial charge in [-0.05, 0) is 31.2 Å². The van der Waals surface area contributed by atoms with Gasteiger partial charge < -0.3 is 15.0 Å². The number of aryl methyl sites for hydroxylation is 1. The van der Waals surface area contributed by atoms with Gasteiger partial charge in [0.1, 0.15) is 17.4 Å². The van der Waals surface area contributed by atoms with Crippen molar-refractivity contribution in [3.05, 3.63) is 45.9 Å². The minimum Gasteiger partial charge on any atom is -0.486 e. The lowest BCUT2D eigenvalue weighted by Gasteiger charge is -2.26. The lowest BCUT2D eigenvalue weighted by molar-refractivity contribution is -0.123. The van der Waals surface area contributed by atoms with Crippen LogP contribution in [0.1, 0.15) is 21.1 Å². The van der Waals surface area contributed by atoms with Gasteiger partial charge >= 0.3 is 0 Å². The second-order valence-electron chi connectivity index (χ2n) is 5.27. The van der Waals surface area contributed by atoms with Crippen molar-refractivity contribution < 1.29 is 14.3 Å². The normalized spacial score (nSPS) is 14.5. The molecule has 1 aromatic heterocycles. The standard InChI is InChI=1S/C16H17N3O3S/c1-11-10-23-15(18-11)9-22-13-4-2-12(3-5-13)16(21)19-7-6-17-14(20)8-19/h2-5,10H,6-9H2,1H3,(H,17,20). The maximum atomic E-state index is 12.3. The Hall–Kier alpha value is -2.41. The van der Waals surface area contributed by atoms with Gasteiger partial charge in [-0.25, -0.2) is 4.98 Å². The molecule has 0 radical (unpaired) electrons. The Kier molecular flexibility index (Phi) is 4.57. The van der Waals surface area contributed by atoms with E-state index in [4.69, 9.17) is 4.74 Å². The van der Waals surface area contributed by atoms with Crippen LogP contribution in [-0.4, -0.2) is 41.3 Å². The first kappa shape index (κ1) is 15.5.